The number of nitrogens with one attached hydrogen (secondary N) is 1. The van der Waals surface area contributed by atoms with E-state index in [2.05, 4.69) is 9.46 Å². The number of carbonyl (C=O) groups excluding carboxylic acids is 1. The molecule has 0 saturated carbocycles. The molecule has 6 heteroatoms. The quantitative estimate of drug-likeness (QED) is 0.712. The first-order valence-electron chi connectivity index (χ1n) is 5.29. The van der Waals surface area contributed by atoms with Gasteiger partial charge in [0.2, 0.25) is 10.0 Å². The van der Waals surface area contributed by atoms with E-state index in [1.165, 1.54) is 7.11 Å². The van der Waals surface area contributed by atoms with Crippen molar-refractivity contribution in [2.75, 3.05) is 7.11 Å². The van der Waals surface area contributed by atoms with Crippen LogP contribution in [0.1, 0.15) is 34.1 Å². The van der Waals surface area contributed by atoms with Crippen molar-refractivity contribution in [1.82, 2.24) is 4.72 Å². The van der Waals surface area contributed by atoms with Crippen LogP contribution in [0.3, 0.4) is 0 Å². The van der Waals surface area contributed by atoms with Crippen LogP contribution >= 0.6 is 0 Å². The fourth-order valence-electron chi connectivity index (χ4n) is 1.14. The third kappa shape index (κ3) is 4.94. The van der Waals surface area contributed by atoms with E-state index in [1.807, 2.05) is 13.8 Å². The molecule has 0 radical (unpaired) electrons. The van der Waals surface area contributed by atoms with Crippen LogP contribution in [0.2, 0.25) is 0 Å². The van der Waals surface area contributed by atoms with Crippen molar-refractivity contribution in [2.45, 2.75) is 45.4 Å². The number of methoxy groups -OCH3 is 1. The first kappa shape index (κ1) is 15.4. The summed E-state index contributed by atoms with van der Waals surface area (Å²) in [5.74, 6) is -0.336. The van der Waals surface area contributed by atoms with Gasteiger partial charge in [-0.1, -0.05) is 13.8 Å². The van der Waals surface area contributed by atoms with E-state index in [-0.39, 0.29) is 5.92 Å². The molecule has 0 aliphatic heterocycles. The largest absolute Gasteiger partial charge is 0.468 e. The molecule has 0 aromatic rings. The van der Waals surface area contributed by atoms with E-state index >= 15 is 0 Å². The van der Waals surface area contributed by atoms with Crippen LogP contribution in [-0.4, -0.2) is 32.8 Å². The molecule has 0 amide bonds. The Hall–Kier alpha value is -0.620. The minimum Gasteiger partial charge on any atom is -0.468 e. The first-order chi connectivity index (χ1) is 7.20. The zero-order chi connectivity index (χ0) is 12.9. The van der Waals surface area contributed by atoms with Gasteiger partial charge in [0.15, 0.2) is 0 Å². The van der Waals surface area contributed by atoms with Gasteiger partial charge in [0, 0.05) is 0 Å². The van der Waals surface area contributed by atoms with Crippen LogP contribution in [0.5, 0.6) is 0 Å². The van der Waals surface area contributed by atoms with Crippen molar-refractivity contribution in [3.05, 3.63) is 0 Å². The Morgan fingerprint density at radius 3 is 2.06 bits per heavy atom. The molecule has 0 aromatic carbocycles. The van der Waals surface area contributed by atoms with Crippen molar-refractivity contribution in [2.24, 2.45) is 5.92 Å². The van der Waals surface area contributed by atoms with E-state index in [4.69, 9.17) is 0 Å². The molecule has 1 N–H and O–H groups in total. The molecule has 0 bridgehead atoms. The number of hydrogen-bond donors (Lipinski definition) is 1. The molecular formula is C10H21NO4S. The number of hydrogen-bond acceptors (Lipinski definition) is 4. The second-order valence-corrected chi connectivity index (χ2v) is 6.69. The summed E-state index contributed by atoms with van der Waals surface area (Å²) in [4.78, 5) is 11.4. The zero-order valence-electron chi connectivity index (χ0n) is 10.5. The summed E-state index contributed by atoms with van der Waals surface area (Å²) in [5, 5.41) is -0.563. The summed E-state index contributed by atoms with van der Waals surface area (Å²) in [5.41, 5.74) is 0. The van der Waals surface area contributed by atoms with Crippen LogP contribution in [0.4, 0.5) is 0 Å². The Labute approximate surface area is 97.6 Å². The van der Waals surface area contributed by atoms with Crippen molar-refractivity contribution in [3.63, 3.8) is 0 Å². The maximum Gasteiger partial charge on any atom is 0.323 e. The molecule has 1 unspecified atom stereocenters. The van der Waals surface area contributed by atoms with Gasteiger partial charge in [-0.2, -0.15) is 0 Å². The number of ether oxygens (including phenoxy) is 1. The molecule has 0 aromatic heterocycles. The molecule has 0 spiro atoms. The predicted octanol–water partition coefficient (Wildman–Crippen LogP) is 0.902. The summed E-state index contributed by atoms with van der Waals surface area (Å²) in [6, 6.07) is -0.794. The predicted molar refractivity (Wildman–Crippen MR) is 62.5 cm³/mol. The lowest BCUT2D eigenvalue weighted by Crippen LogP contribution is -2.44. The van der Waals surface area contributed by atoms with Crippen LogP contribution in [0.25, 0.3) is 0 Å². The molecule has 1 atom stereocenters. The van der Waals surface area contributed by atoms with Gasteiger partial charge in [-0.25, -0.2) is 13.1 Å². The summed E-state index contributed by atoms with van der Waals surface area (Å²) in [6.07, 6.45) is 0.429. The highest BCUT2D eigenvalue weighted by Crippen LogP contribution is 2.09. The molecule has 0 aliphatic rings. The molecule has 0 rings (SSSR count). The van der Waals surface area contributed by atoms with Gasteiger partial charge >= 0.3 is 5.97 Å². The lowest BCUT2D eigenvalue weighted by atomic mass is 10.1. The molecule has 0 fully saturated rings. The van der Waals surface area contributed by atoms with Crippen LogP contribution in [-0.2, 0) is 19.6 Å². The Morgan fingerprint density at radius 2 is 1.75 bits per heavy atom. The van der Waals surface area contributed by atoms with Gasteiger partial charge in [-0.3, -0.25) is 4.79 Å². The van der Waals surface area contributed by atoms with Crippen LogP contribution in [0.15, 0.2) is 0 Å². The van der Waals surface area contributed by atoms with Crippen molar-refractivity contribution < 1.29 is 17.9 Å². The maximum absolute atomic E-state index is 11.6. The summed E-state index contributed by atoms with van der Waals surface area (Å²) < 4.78 is 30.2. The normalized spacial score (nSPS) is 14.2. The molecule has 0 saturated heterocycles. The Balaban J connectivity index is 4.74. The van der Waals surface area contributed by atoms with Gasteiger partial charge in [-0.05, 0) is 26.2 Å². The lowest BCUT2D eigenvalue weighted by Gasteiger charge is -2.19. The Kier molecular flexibility index (Phi) is 5.96. The second-order valence-electron chi connectivity index (χ2n) is 4.42. The fourth-order valence-corrected chi connectivity index (χ4v) is 2.00. The van der Waals surface area contributed by atoms with Gasteiger partial charge < -0.3 is 4.74 Å². The van der Waals surface area contributed by atoms with E-state index in [0.29, 0.717) is 6.42 Å². The summed E-state index contributed by atoms with van der Waals surface area (Å²) in [6.45, 7) is 6.96. The third-order valence-corrected chi connectivity index (χ3v) is 3.97. The number of carbonyl (C=O) groups is 1. The molecule has 5 nitrogen and oxygen atoms in total. The topological polar surface area (TPSA) is 72.5 Å². The SMILES string of the molecule is COC(=O)C(CC(C)C)NS(=O)(=O)C(C)C. The molecule has 0 aliphatic carbocycles. The standard InChI is InChI=1S/C10H21NO4S/c1-7(2)6-9(10(12)15-5)11-16(13,14)8(3)4/h7-9,11H,6H2,1-5H3. The highest BCUT2D eigenvalue weighted by atomic mass is 32.2. The van der Waals surface area contributed by atoms with E-state index in [1.54, 1.807) is 13.8 Å². The molecule has 0 heterocycles. The van der Waals surface area contributed by atoms with Crippen molar-refractivity contribution in [3.8, 4) is 0 Å². The molecule has 16 heavy (non-hydrogen) atoms. The zero-order valence-corrected chi connectivity index (χ0v) is 11.3. The monoisotopic (exact) mass is 251 g/mol. The van der Waals surface area contributed by atoms with E-state index < -0.39 is 27.3 Å². The summed E-state index contributed by atoms with van der Waals surface area (Å²) >= 11 is 0. The maximum atomic E-state index is 11.6. The van der Waals surface area contributed by atoms with E-state index in [0.717, 1.165) is 0 Å². The number of rotatable bonds is 6. The van der Waals surface area contributed by atoms with Gasteiger partial charge in [0.05, 0.1) is 12.4 Å². The average molecular weight is 251 g/mol. The van der Waals surface area contributed by atoms with Gasteiger partial charge in [0.1, 0.15) is 6.04 Å². The average Bonchev–Trinajstić information content (AvgIpc) is 2.14. The first-order valence-corrected chi connectivity index (χ1v) is 6.84. The van der Waals surface area contributed by atoms with Crippen LogP contribution < -0.4 is 4.72 Å². The number of sulfonamides is 1. The summed E-state index contributed by atoms with van der Waals surface area (Å²) in [7, 11) is -2.20. The Morgan fingerprint density at radius 1 is 1.25 bits per heavy atom. The van der Waals surface area contributed by atoms with Crippen LogP contribution in [0, 0.1) is 5.92 Å². The number of esters is 1. The smallest absolute Gasteiger partial charge is 0.323 e. The molecular weight excluding hydrogens is 230 g/mol. The van der Waals surface area contributed by atoms with E-state index in [9.17, 15) is 13.2 Å². The highest BCUT2D eigenvalue weighted by Gasteiger charge is 2.27. The highest BCUT2D eigenvalue weighted by molar-refractivity contribution is 7.90. The van der Waals surface area contributed by atoms with Crippen molar-refractivity contribution in [1.29, 1.82) is 0 Å². The minimum atomic E-state index is -3.45. The van der Waals surface area contributed by atoms with Gasteiger partial charge in [-0.15, -0.1) is 0 Å². The van der Waals surface area contributed by atoms with Crippen molar-refractivity contribution >= 4 is 16.0 Å². The third-order valence-electron chi connectivity index (χ3n) is 2.12. The second kappa shape index (κ2) is 6.20. The molecule has 96 valence electrons. The lowest BCUT2D eigenvalue weighted by molar-refractivity contribution is -0.143. The Bertz CT molecular complexity index is 322. The fraction of sp³-hybridized carbons (Fsp3) is 0.900. The van der Waals surface area contributed by atoms with Gasteiger partial charge in [0.25, 0.3) is 0 Å². The minimum absolute atomic E-state index is 0.207.